The van der Waals surface area contributed by atoms with E-state index in [1.54, 1.807) is 0 Å². The van der Waals surface area contributed by atoms with Gasteiger partial charge < -0.3 is 0 Å². The van der Waals surface area contributed by atoms with Crippen molar-refractivity contribution in [2.75, 3.05) is 0 Å². The second kappa shape index (κ2) is 17.8. The van der Waals surface area contributed by atoms with Crippen LogP contribution in [0.15, 0.2) is 0 Å². The largest absolute Gasteiger partial charge is 0 e. The zero-order valence-corrected chi connectivity index (χ0v) is 8.39. The Kier molecular flexibility index (Phi) is 140. The summed E-state index contributed by atoms with van der Waals surface area (Å²) in [5.41, 5.74) is 0. The van der Waals surface area contributed by atoms with Crippen molar-refractivity contribution in [3.05, 3.63) is 0 Å². The molecule has 0 bridgehead atoms. The molecule has 0 unspecified atom stereocenters. The van der Waals surface area contributed by atoms with Crippen molar-refractivity contribution in [1.82, 2.24) is 0 Å². The third-order valence-electron chi connectivity index (χ3n) is 0. The van der Waals surface area contributed by atoms with E-state index in [0.29, 0.717) is 0 Å². The zero-order chi connectivity index (χ0) is 0. The van der Waals surface area contributed by atoms with Crippen LogP contribution in [-0.2, 0) is 78.4 Å². The van der Waals surface area contributed by atoms with E-state index in [0.717, 1.165) is 0 Å². The fourth-order valence-electron chi connectivity index (χ4n) is 0. The summed E-state index contributed by atoms with van der Waals surface area (Å²) in [5, 5.41) is 0. The van der Waals surface area contributed by atoms with Gasteiger partial charge in [0.15, 0.2) is 0 Å². The predicted molar refractivity (Wildman–Crippen MR) is 0 cm³/mol. The molecular weight excluding hydrogens is 455 g/mol. The Hall–Kier alpha value is 2.51. The Bertz CT molecular complexity index is 6.00. The second-order valence-electron chi connectivity index (χ2n) is 0. The fourth-order valence-corrected chi connectivity index (χ4v) is 0. The zero-order valence-electron chi connectivity index (χ0n) is 1.36. The summed E-state index contributed by atoms with van der Waals surface area (Å²) in [5.74, 6) is 0. The third kappa shape index (κ3) is 8.82. The SMILES string of the molecule is [Ni].[Pd].[Pd].[W]. The molecule has 0 saturated carbocycles. The van der Waals surface area contributed by atoms with Gasteiger partial charge >= 0.3 is 0 Å². The molecule has 0 rings (SSSR count). The van der Waals surface area contributed by atoms with Crippen LogP contribution in [0.3, 0.4) is 0 Å². The molecule has 0 amide bonds. The predicted octanol–water partition coefficient (Wildman–Crippen LogP) is -0.0100. The van der Waals surface area contributed by atoms with Gasteiger partial charge in [-0.05, 0) is 0 Å². The van der Waals surface area contributed by atoms with Crippen molar-refractivity contribution < 1.29 is 78.4 Å². The molecule has 0 N–H and O–H groups in total. The van der Waals surface area contributed by atoms with Gasteiger partial charge in [0.25, 0.3) is 0 Å². The average Bonchev–Trinajstić information content (AvgIpc) is 0. The minimum absolute atomic E-state index is 0. The Labute approximate surface area is 77.4 Å². The Morgan fingerprint density at radius 1 is 0.750 bits per heavy atom. The molecule has 0 aliphatic rings. The number of hydrogen-bond acceptors (Lipinski definition) is 0. The average molecular weight is 455 g/mol. The quantitative estimate of drug-likeness (QED) is 0.451. The topological polar surface area (TPSA) is 0 Å². The standard InChI is InChI=1S/Ni.2Pd.W. The fraction of sp³-hybridized carbons (Fsp3) is 0. The molecule has 4 heteroatoms. The van der Waals surface area contributed by atoms with Gasteiger partial charge in [0, 0.05) is 78.4 Å². The number of rotatable bonds is 0. The van der Waals surface area contributed by atoms with E-state index in [-0.39, 0.29) is 78.4 Å². The Morgan fingerprint density at radius 3 is 0.750 bits per heavy atom. The van der Waals surface area contributed by atoms with Crippen LogP contribution >= 0.6 is 0 Å². The van der Waals surface area contributed by atoms with Crippen molar-refractivity contribution in [3.63, 3.8) is 0 Å². The Balaban J connectivity index is 0. The van der Waals surface area contributed by atoms with Gasteiger partial charge in [-0.25, -0.2) is 0 Å². The molecule has 0 aromatic carbocycles. The van der Waals surface area contributed by atoms with E-state index in [1.165, 1.54) is 0 Å². The number of hydrogen-bond donors (Lipinski definition) is 0. The molecular formula is NiPd2W. The van der Waals surface area contributed by atoms with Gasteiger partial charge in [-0.15, -0.1) is 0 Å². The summed E-state index contributed by atoms with van der Waals surface area (Å²) in [6.45, 7) is 0. The molecule has 36 valence electrons. The summed E-state index contributed by atoms with van der Waals surface area (Å²) in [7, 11) is 0. The van der Waals surface area contributed by atoms with E-state index < -0.39 is 0 Å². The van der Waals surface area contributed by atoms with Crippen LogP contribution in [0.5, 0.6) is 0 Å². The van der Waals surface area contributed by atoms with Crippen molar-refractivity contribution in [1.29, 1.82) is 0 Å². The summed E-state index contributed by atoms with van der Waals surface area (Å²) >= 11 is 0. The smallest absolute Gasteiger partial charge is 0 e. The van der Waals surface area contributed by atoms with E-state index in [1.807, 2.05) is 0 Å². The van der Waals surface area contributed by atoms with Crippen LogP contribution in [-0.4, -0.2) is 0 Å². The summed E-state index contributed by atoms with van der Waals surface area (Å²) < 4.78 is 0. The van der Waals surface area contributed by atoms with Gasteiger partial charge in [0.2, 0.25) is 0 Å². The van der Waals surface area contributed by atoms with Crippen molar-refractivity contribution in [2.24, 2.45) is 0 Å². The van der Waals surface area contributed by atoms with Gasteiger partial charge in [0.05, 0.1) is 0 Å². The summed E-state index contributed by atoms with van der Waals surface area (Å²) in [6, 6.07) is 0. The van der Waals surface area contributed by atoms with Crippen molar-refractivity contribution in [2.45, 2.75) is 0 Å². The van der Waals surface area contributed by atoms with E-state index in [2.05, 4.69) is 0 Å². The van der Waals surface area contributed by atoms with Crippen molar-refractivity contribution in [3.8, 4) is 0 Å². The minimum Gasteiger partial charge on any atom is 0 e. The monoisotopic (exact) mass is 454 g/mol. The normalized spacial score (nSPS) is 0. The maximum atomic E-state index is 0. The molecule has 0 heterocycles. The molecule has 4 heavy (non-hydrogen) atoms. The van der Waals surface area contributed by atoms with Crippen LogP contribution < -0.4 is 0 Å². The van der Waals surface area contributed by atoms with Crippen LogP contribution in [0.25, 0.3) is 0 Å². The van der Waals surface area contributed by atoms with Gasteiger partial charge in [-0.1, -0.05) is 0 Å². The van der Waals surface area contributed by atoms with E-state index in [9.17, 15) is 0 Å². The maximum absolute atomic E-state index is 0. The molecule has 0 aromatic rings. The van der Waals surface area contributed by atoms with Gasteiger partial charge in [-0.3, -0.25) is 0 Å². The molecule has 0 aliphatic heterocycles. The summed E-state index contributed by atoms with van der Waals surface area (Å²) in [6.07, 6.45) is 0. The summed E-state index contributed by atoms with van der Waals surface area (Å²) in [4.78, 5) is 0. The first-order valence-corrected chi connectivity index (χ1v) is 0. The maximum Gasteiger partial charge on any atom is 0 e. The van der Waals surface area contributed by atoms with Crippen molar-refractivity contribution >= 4 is 0 Å². The van der Waals surface area contributed by atoms with E-state index in [4.69, 9.17) is 0 Å². The molecule has 0 atom stereocenters. The second-order valence-corrected chi connectivity index (χ2v) is 0. The van der Waals surface area contributed by atoms with Gasteiger partial charge in [-0.2, -0.15) is 0 Å². The van der Waals surface area contributed by atoms with Crippen LogP contribution in [0.1, 0.15) is 0 Å². The molecule has 0 saturated heterocycles. The molecule has 0 radical (unpaired) electrons. The molecule has 0 nitrogen and oxygen atoms in total. The Morgan fingerprint density at radius 2 is 0.750 bits per heavy atom. The molecule has 0 spiro atoms. The van der Waals surface area contributed by atoms with Crippen LogP contribution in [0, 0.1) is 0 Å². The minimum atomic E-state index is 0. The first kappa shape index (κ1) is 31.4. The van der Waals surface area contributed by atoms with Crippen LogP contribution in [0.2, 0.25) is 0 Å². The van der Waals surface area contributed by atoms with Crippen LogP contribution in [0.4, 0.5) is 0 Å². The first-order valence-electron chi connectivity index (χ1n) is 0. The van der Waals surface area contributed by atoms with E-state index >= 15 is 0 Å². The first-order chi connectivity index (χ1) is 0. The van der Waals surface area contributed by atoms with Gasteiger partial charge in [0.1, 0.15) is 0 Å². The molecule has 0 aromatic heterocycles. The molecule has 0 aliphatic carbocycles. The third-order valence-corrected chi connectivity index (χ3v) is 0. The molecule has 0 fully saturated rings.